The molecule has 0 saturated carbocycles. The first-order valence-electron chi connectivity index (χ1n) is 1.96. The molecule has 9 heavy (non-hydrogen) atoms. The Morgan fingerprint density at radius 1 is 1.56 bits per heavy atom. The molecule has 0 atom stereocenters. The summed E-state index contributed by atoms with van der Waals surface area (Å²) in [6.45, 7) is 0.00931. The van der Waals surface area contributed by atoms with Gasteiger partial charge in [-0.05, 0) is 0 Å². The Morgan fingerprint density at radius 2 is 2.00 bits per heavy atom. The molecule has 0 spiro atoms. The predicted octanol–water partition coefficient (Wildman–Crippen LogP) is -1.86. The fourth-order valence-electron chi connectivity index (χ4n) is 0.172. The first-order chi connectivity index (χ1) is 3.56. The fraction of sp³-hybridized carbons (Fsp3) is 1.00. The summed E-state index contributed by atoms with van der Waals surface area (Å²) in [4.78, 5) is 16.0. The summed E-state index contributed by atoms with van der Waals surface area (Å²) < 4.78 is 13.7. The predicted molar refractivity (Wildman–Crippen MR) is 35.6 cm³/mol. The minimum absolute atomic E-state index is 0. The molecular weight excluding hydrogens is 212 g/mol. The second-order valence-electron chi connectivity index (χ2n) is 1.11. The molecular formula is C2H10NO4PSe. The van der Waals surface area contributed by atoms with Crippen molar-refractivity contribution in [2.45, 2.75) is 0 Å². The molecule has 0 fully saturated rings. The van der Waals surface area contributed by atoms with Gasteiger partial charge in [0.15, 0.2) is 0 Å². The summed E-state index contributed by atoms with van der Waals surface area (Å²) in [5.41, 5.74) is 4.87. The second-order valence-corrected chi connectivity index (χ2v) is 2.35. The van der Waals surface area contributed by atoms with Crippen LogP contribution in [0.5, 0.6) is 0 Å². The molecule has 0 radical (unpaired) electrons. The van der Waals surface area contributed by atoms with Gasteiger partial charge in [0, 0.05) is 6.54 Å². The summed E-state index contributed by atoms with van der Waals surface area (Å²) in [5.74, 6) is 0. The van der Waals surface area contributed by atoms with E-state index >= 15 is 0 Å². The van der Waals surface area contributed by atoms with Gasteiger partial charge in [0.2, 0.25) is 0 Å². The molecule has 0 aliphatic rings. The normalized spacial score (nSPS) is 10.6. The van der Waals surface area contributed by atoms with Gasteiger partial charge >= 0.3 is 24.9 Å². The van der Waals surface area contributed by atoms with Gasteiger partial charge < -0.3 is 15.5 Å². The molecule has 0 aliphatic carbocycles. The van der Waals surface area contributed by atoms with Crippen LogP contribution in [0.3, 0.4) is 0 Å². The van der Waals surface area contributed by atoms with Crippen molar-refractivity contribution < 1.29 is 18.9 Å². The second kappa shape index (κ2) is 5.38. The number of nitrogens with two attached hydrogens (primary N) is 1. The van der Waals surface area contributed by atoms with E-state index in [2.05, 4.69) is 4.52 Å². The maximum atomic E-state index is 9.81. The zero-order chi connectivity index (χ0) is 6.62. The van der Waals surface area contributed by atoms with E-state index in [1.54, 1.807) is 0 Å². The van der Waals surface area contributed by atoms with Crippen LogP contribution >= 0.6 is 7.82 Å². The average molecular weight is 222 g/mol. The quantitative estimate of drug-likeness (QED) is 0.384. The molecule has 0 aromatic rings. The van der Waals surface area contributed by atoms with Crippen molar-refractivity contribution in [2.75, 3.05) is 13.2 Å². The molecule has 5 nitrogen and oxygen atoms in total. The van der Waals surface area contributed by atoms with E-state index in [9.17, 15) is 4.57 Å². The van der Waals surface area contributed by atoms with Gasteiger partial charge in [-0.3, -0.25) is 4.52 Å². The number of rotatable bonds is 3. The Labute approximate surface area is 63.3 Å². The van der Waals surface area contributed by atoms with Crippen molar-refractivity contribution in [1.29, 1.82) is 0 Å². The first kappa shape index (κ1) is 12.3. The van der Waals surface area contributed by atoms with E-state index in [0.717, 1.165) is 0 Å². The van der Waals surface area contributed by atoms with Gasteiger partial charge in [-0.2, -0.15) is 0 Å². The Bertz CT molecular complexity index is 103. The van der Waals surface area contributed by atoms with E-state index in [-0.39, 0.29) is 30.2 Å². The SMILES string of the molecule is NCCOP(=O)(O)O.[SeH2]. The van der Waals surface area contributed by atoms with Crippen LogP contribution in [0.2, 0.25) is 0 Å². The molecule has 0 aromatic heterocycles. The van der Waals surface area contributed by atoms with E-state index < -0.39 is 7.82 Å². The van der Waals surface area contributed by atoms with Crippen LogP contribution in [0.25, 0.3) is 0 Å². The zero-order valence-electron chi connectivity index (χ0n) is 4.65. The standard InChI is InChI=1S/C2H8NO4P.H2Se/c3-1-2-7-8(4,5)6;/h1-3H2,(H2,4,5,6);1H2. The molecule has 0 amide bonds. The third-order valence-corrected chi connectivity index (χ3v) is 0.896. The van der Waals surface area contributed by atoms with Crippen molar-refractivity contribution in [3.8, 4) is 0 Å². The monoisotopic (exact) mass is 223 g/mol. The van der Waals surface area contributed by atoms with Gasteiger partial charge in [-0.15, -0.1) is 0 Å². The van der Waals surface area contributed by atoms with Crippen LogP contribution in [-0.2, 0) is 9.09 Å². The Kier molecular flexibility index (Phi) is 7.34. The van der Waals surface area contributed by atoms with Crippen LogP contribution in [0, 0.1) is 0 Å². The third kappa shape index (κ3) is 11.9. The molecule has 0 heterocycles. The Balaban J connectivity index is 0. The molecule has 0 unspecified atom stereocenters. The van der Waals surface area contributed by atoms with Crippen molar-refractivity contribution in [3.63, 3.8) is 0 Å². The van der Waals surface area contributed by atoms with Gasteiger partial charge in [-0.1, -0.05) is 0 Å². The van der Waals surface area contributed by atoms with Crippen molar-refractivity contribution in [2.24, 2.45) is 5.73 Å². The van der Waals surface area contributed by atoms with Crippen LogP contribution in [0.4, 0.5) is 0 Å². The third-order valence-electron chi connectivity index (χ3n) is 0.377. The van der Waals surface area contributed by atoms with Crippen LogP contribution in [0.1, 0.15) is 0 Å². The van der Waals surface area contributed by atoms with Gasteiger partial charge in [0.05, 0.1) is 6.61 Å². The van der Waals surface area contributed by atoms with Gasteiger partial charge in [0.1, 0.15) is 0 Å². The number of hydrogen-bond donors (Lipinski definition) is 3. The first-order valence-corrected chi connectivity index (χ1v) is 3.49. The van der Waals surface area contributed by atoms with Gasteiger partial charge in [-0.25, -0.2) is 4.57 Å². The average Bonchev–Trinajstić information content (AvgIpc) is 1.59. The van der Waals surface area contributed by atoms with Crippen molar-refractivity contribution >= 4 is 24.9 Å². The zero-order valence-corrected chi connectivity index (χ0v) is 7.64. The maximum absolute atomic E-state index is 9.81. The molecule has 7 heteroatoms. The Hall–Kier alpha value is 0.589. The van der Waals surface area contributed by atoms with E-state index in [1.165, 1.54) is 0 Å². The number of phosphoric ester groups is 1. The number of phosphoric acid groups is 1. The molecule has 0 aromatic carbocycles. The Morgan fingerprint density at radius 3 is 2.11 bits per heavy atom. The molecule has 0 saturated heterocycles. The molecule has 0 rings (SSSR count). The molecule has 0 bridgehead atoms. The van der Waals surface area contributed by atoms with E-state index in [1.807, 2.05) is 0 Å². The minimum atomic E-state index is -4.26. The number of hydrogen-bond acceptors (Lipinski definition) is 3. The van der Waals surface area contributed by atoms with Crippen LogP contribution < -0.4 is 5.73 Å². The summed E-state index contributed by atoms with van der Waals surface area (Å²) in [6, 6.07) is 0. The van der Waals surface area contributed by atoms with E-state index in [4.69, 9.17) is 15.5 Å². The summed E-state index contributed by atoms with van der Waals surface area (Å²) in [5, 5.41) is 0. The fourth-order valence-corrected chi connectivity index (χ4v) is 0.515. The van der Waals surface area contributed by atoms with Gasteiger partial charge in [0.25, 0.3) is 0 Å². The molecule has 4 N–H and O–H groups in total. The van der Waals surface area contributed by atoms with Crippen molar-refractivity contribution in [1.82, 2.24) is 0 Å². The van der Waals surface area contributed by atoms with E-state index in [0.29, 0.717) is 0 Å². The van der Waals surface area contributed by atoms with Crippen LogP contribution in [-0.4, -0.2) is 40.0 Å². The topological polar surface area (TPSA) is 92.8 Å². The van der Waals surface area contributed by atoms with Crippen molar-refractivity contribution in [3.05, 3.63) is 0 Å². The summed E-state index contributed by atoms with van der Waals surface area (Å²) in [7, 11) is -4.26. The molecule has 58 valence electrons. The van der Waals surface area contributed by atoms with Crippen LogP contribution in [0.15, 0.2) is 0 Å². The summed E-state index contributed by atoms with van der Waals surface area (Å²) >= 11 is 0. The summed E-state index contributed by atoms with van der Waals surface area (Å²) in [6.07, 6.45) is 0. The molecule has 0 aliphatic heterocycles.